The van der Waals surface area contributed by atoms with Crippen molar-refractivity contribution < 1.29 is 15.0 Å². The summed E-state index contributed by atoms with van der Waals surface area (Å²) >= 11 is 0. The van der Waals surface area contributed by atoms with E-state index in [9.17, 15) is 4.79 Å². The molecule has 0 aromatic rings. The number of likely N-dealkylation sites (N-methyl/N-ethyl adjacent to an activating group) is 1. The van der Waals surface area contributed by atoms with Crippen LogP contribution in [0.5, 0.6) is 0 Å². The topological polar surface area (TPSA) is 81.6 Å². The number of rotatable bonds is 5. The standard InChI is InChI=1S/C4H11NO2.C4H7NO/c6-3-1-5-2-4-7;1-3-4(6)5-2/h5-7H,1-4H2;3H,1H2,2H3,(H,5,6). The van der Waals surface area contributed by atoms with Gasteiger partial charge in [0.25, 0.3) is 0 Å². The Morgan fingerprint density at radius 3 is 2.00 bits per heavy atom. The van der Waals surface area contributed by atoms with E-state index in [-0.39, 0.29) is 19.1 Å². The van der Waals surface area contributed by atoms with Crippen molar-refractivity contribution in [1.82, 2.24) is 10.6 Å². The Morgan fingerprint density at radius 2 is 1.85 bits per heavy atom. The molecule has 1 amide bonds. The molecular formula is C8H18N2O3. The van der Waals surface area contributed by atoms with Gasteiger partial charge in [-0.25, -0.2) is 0 Å². The lowest BCUT2D eigenvalue weighted by molar-refractivity contribution is -0.116. The Balaban J connectivity index is 0. The molecule has 0 bridgehead atoms. The molecule has 0 radical (unpaired) electrons. The zero-order valence-corrected chi connectivity index (χ0v) is 7.92. The summed E-state index contributed by atoms with van der Waals surface area (Å²) in [5.74, 6) is -0.144. The van der Waals surface area contributed by atoms with Crippen LogP contribution in [0.2, 0.25) is 0 Å². The van der Waals surface area contributed by atoms with Gasteiger partial charge in [-0.1, -0.05) is 6.58 Å². The summed E-state index contributed by atoms with van der Waals surface area (Å²) in [6, 6.07) is 0. The van der Waals surface area contributed by atoms with E-state index in [1.807, 2.05) is 0 Å². The van der Waals surface area contributed by atoms with Gasteiger partial charge in [0.05, 0.1) is 13.2 Å². The number of nitrogens with one attached hydrogen (secondary N) is 2. The number of carbonyl (C=O) groups excluding carboxylic acids is 1. The first-order chi connectivity index (χ1) is 6.22. The highest BCUT2D eigenvalue weighted by atomic mass is 16.3. The smallest absolute Gasteiger partial charge is 0.243 e. The molecule has 0 spiro atoms. The molecule has 13 heavy (non-hydrogen) atoms. The molecular weight excluding hydrogens is 172 g/mol. The summed E-state index contributed by atoms with van der Waals surface area (Å²) in [5, 5.41) is 21.4. The second-order valence-corrected chi connectivity index (χ2v) is 2.02. The Labute approximate surface area is 78.5 Å². The molecule has 0 aliphatic carbocycles. The van der Waals surface area contributed by atoms with E-state index in [1.54, 1.807) is 7.05 Å². The Hall–Kier alpha value is -0.910. The number of aliphatic hydroxyl groups is 2. The molecule has 0 aromatic heterocycles. The van der Waals surface area contributed by atoms with E-state index in [1.165, 1.54) is 6.08 Å². The number of aliphatic hydroxyl groups excluding tert-OH is 2. The second kappa shape index (κ2) is 13.7. The van der Waals surface area contributed by atoms with Crippen molar-refractivity contribution in [3.05, 3.63) is 12.7 Å². The second-order valence-electron chi connectivity index (χ2n) is 2.02. The van der Waals surface area contributed by atoms with Crippen LogP contribution in [-0.4, -0.2) is 49.5 Å². The van der Waals surface area contributed by atoms with Crippen LogP contribution in [0.3, 0.4) is 0 Å². The molecule has 5 nitrogen and oxygen atoms in total. The fourth-order valence-electron chi connectivity index (χ4n) is 0.385. The molecule has 0 unspecified atom stereocenters. The van der Waals surface area contributed by atoms with Gasteiger partial charge in [0.15, 0.2) is 0 Å². The maximum absolute atomic E-state index is 9.95. The van der Waals surface area contributed by atoms with Crippen LogP contribution in [-0.2, 0) is 4.79 Å². The normalized spacial score (nSPS) is 8.23. The molecule has 78 valence electrons. The maximum Gasteiger partial charge on any atom is 0.243 e. The first-order valence-electron chi connectivity index (χ1n) is 3.99. The molecule has 0 rings (SSSR count). The minimum absolute atomic E-state index is 0.139. The summed E-state index contributed by atoms with van der Waals surface area (Å²) in [6.45, 7) is 4.64. The first kappa shape index (κ1) is 14.6. The Bertz CT molecular complexity index is 125. The lowest BCUT2D eigenvalue weighted by atomic mass is 10.6. The SMILES string of the molecule is C=CC(=O)NC.OCCNCCO. The van der Waals surface area contributed by atoms with Crippen molar-refractivity contribution in [3.8, 4) is 0 Å². The van der Waals surface area contributed by atoms with E-state index in [0.29, 0.717) is 13.1 Å². The molecule has 0 aromatic carbocycles. The summed E-state index contributed by atoms with van der Waals surface area (Å²) in [5.41, 5.74) is 0. The van der Waals surface area contributed by atoms with Crippen LogP contribution >= 0.6 is 0 Å². The molecule has 5 heteroatoms. The van der Waals surface area contributed by atoms with Gasteiger partial charge in [0.1, 0.15) is 0 Å². The average molecular weight is 190 g/mol. The highest BCUT2D eigenvalue weighted by Crippen LogP contribution is 1.56. The number of amides is 1. The fourth-order valence-corrected chi connectivity index (χ4v) is 0.385. The van der Waals surface area contributed by atoms with Crippen LogP contribution in [0.25, 0.3) is 0 Å². The van der Waals surface area contributed by atoms with E-state index in [0.717, 1.165) is 0 Å². The predicted octanol–water partition coefficient (Wildman–Crippen LogP) is -1.52. The summed E-state index contributed by atoms with van der Waals surface area (Å²) in [7, 11) is 1.56. The first-order valence-corrected chi connectivity index (χ1v) is 3.99. The number of carbonyl (C=O) groups is 1. The summed E-state index contributed by atoms with van der Waals surface area (Å²) < 4.78 is 0. The maximum atomic E-state index is 9.95. The van der Waals surface area contributed by atoms with Gasteiger partial charge in [0, 0.05) is 20.1 Å². The average Bonchev–Trinajstić information content (AvgIpc) is 2.18. The van der Waals surface area contributed by atoms with Crippen LogP contribution in [0.1, 0.15) is 0 Å². The minimum atomic E-state index is -0.144. The lowest BCUT2D eigenvalue weighted by Crippen LogP contribution is -2.21. The van der Waals surface area contributed by atoms with E-state index in [4.69, 9.17) is 10.2 Å². The van der Waals surface area contributed by atoms with Gasteiger partial charge in [-0.2, -0.15) is 0 Å². The van der Waals surface area contributed by atoms with Gasteiger partial charge in [-0.05, 0) is 6.08 Å². The zero-order valence-electron chi connectivity index (χ0n) is 7.92. The fraction of sp³-hybridized carbons (Fsp3) is 0.625. The van der Waals surface area contributed by atoms with E-state index >= 15 is 0 Å². The highest BCUT2D eigenvalue weighted by Gasteiger charge is 1.79. The molecule has 0 atom stereocenters. The van der Waals surface area contributed by atoms with Crippen LogP contribution in [0, 0.1) is 0 Å². The van der Waals surface area contributed by atoms with Crippen molar-refractivity contribution in [2.75, 3.05) is 33.4 Å². The van der Waals surface area contributed by atoms with Gasteiger partial charge < -0.3 is 20.8 Å². The van der Waals surface area contributed by atoms with Crippen molar-refractivity contribution >= 4 is 5.91 Å². The third-order valence-electron chi connectivity index (χ3n) is 1.01. The van der Waals surface area contributed by atoms with Crippen molar-refractivity contribution in [2.45, 2.75) is 0 Å². The van der Waals surface area contributed by atoms with Gasteiger partial charge >= 0.3 is 0 Å². The lowest BCUT2D eigenvalue weighted by Gasteiger charge is -1.94. The van der Waals surface area contributed by atoms with Crippen molar-refractivity contribution in [3.63, 3.8) is 0 Å². The predicted molar refractivity (Wildman–Crippen MR) is 51.3 cm³/mol. The van der Waals surface area contributed by atoms with Gasteiger partial charge in [-0.15, -0.1) is 0 Å². The summed E-state index contributed by atoms with van der Waals surface area (Å²) in [4.78, 5) is 9.95. The Morgan fingerprint density at radius 1 is 1.38 bits per heavy atom. The number of hydrogen-bond donors (Lipinski definition) is 4. The van der Waals surface area contributed by atoms with Gasteiger partial charge in [-0.3, -0.25) is 4.79 Å². The zero-order chi connectivity index (χ0) is 10.5. The van der Waals surface area contributed by atoms with E-state index in [2.05, 4.69) is 17.2 Å². The monoisotopic (exact) mass is 190 g/mol. The quantitative estimate of drug-likeness (QED) is 0.313. The summed E-state index contributed by atoms with van der Waals surface area (Å²) in [6.07, 6.45) is 1.22. The van der Waals surface area contributed by atoms with E-state index < -0.39 is 0 Å². The number of hydrogen-bond acceptors (Lipinski definition) is 4. The molecule has 4 N–H and O–H groups in total. The van der Waals surface area contributed by atoms with Crippen molar-refractivity contribution in [1.29, 1.82) is 0 Å². The largest absolute Gasteiger partial charge is 0.395 e. The van der Waals surface area contributed by atoms with Crippen LogP contribution in [0.4, 0.5) is 0 Å². The molecule has 0 aliphatic rings. The Kier molecular flexibility index (Phi) is 15.4. The third kappa shape index (κ3) is 18.2. The molecule has 0 heterocycles. The van der Waals surface area contributed by atoms with Crippen LogP contribution < -0.4 is 10.6 Å². The molecule has 0 saturated carbocycles. The minimum Gasteiger partial charge on any atom is -0.395 e. The molecule has 0 aliphatic heterocycles. The molecule has 0 saturated heterocycles. The van der Waals surface area contributed by atoms with Crippen molar-refractivity contribution in [2.24, 2.45) is 0 Å². The molecule has 0 fully saturated rings. The highest BCUT2D eigenvalue weighted by molar-refractivity contribution is 5.86. The van der Waals surface area contributed by atoms with Crippen LogP contribution in [0.15, 0.2) is 12.7 Å². The third-order valence-corrected chi connectivity index (χ3v) is 1.01. The van der Waals surface area contributed by atoms with Gasteiger partial charge in [0.2, 0.25) is 5.91 Å².